The first-order chi connectivity index (χ1) is 15.3. The van der Waals surface area contributed by atoms with Crippen LogP contribution in [-0.4, -0.2) is 6.10 Å². The molecule has 2 aromatic rings. The number of halogens is 2. The molecule has 0 aromatic heterocycles. The molecule has 3 aliphatic carbocycles. The first-order valence-electron chi connectivity index (χ1n) is 12.6. The van der Waals surface area contributed by atoms with E-state index in [-0.39, 0.29) is 11.9 Å². The fourth-order valence-electron chi connectivity index (χ4n) is 5.78. The molecule has 1 unspecified atom stereocenters. The van der Waals surface area contributed by atoms with Crippen molar-refractivity contribution in [3.8, 4) is 16.9 Å². The molecule has 0 aliphatic heterocycles. The number of unbranched alkanes of at least 4 members (excludes halogenated alkanes) is 3. The Labute approximate surface area is 192 Å². The minimum Gasteiger partial charge on any atom is -0.485 e. The number of rotatable bonds is 9. The predicted molar refractivity (Wildman–Crippen MR) is 128 cm³/mol. The van der Waals surface area contributed by atoms with Gasteiger partial charge in [-0.05, 0) is 97.9 Å². The smallest absolute Gasteiger partial charge is 0.191 e. The van der Waals surface area contributed by atoms with Crippen LogP contribution >= 0.6 is 0 Å². The van der Waals surface area contributed by atoms with Crippen molar-refractivity contribution < 1.29 is 13.5 Å². The monoisotopic (exact) mass is 440 g/mol. The van der Waals surface area contributed by atoms with Crippen molar-refractivity contribution in [2.45, 2.75) is 103 Å². The zero-order chi connectivity index (χ0) is 22.8. The second-order valence-electron chi connectivity index (χ2n) is 10.7. The van der Waals surface area contributed by atoms with E-state index in [1.807, 2.05) is 19.1 Å². The van der Waals surface area contributed by atoms with E-state index in [1.54, 1.807) is 0 Å². The lowest BCUT2D eigenvalue weighted by Gasteiger charge is -2.52. The van der Waals surface area contributed by atoms with Crippen LogP contribution in [0.3, 0.4) is 0 Å². The Morgan fingerprint density at radius 3 is 2.00 bits per heavy atom. The fourth-order valence-corrected chi connectivity index (χ4v) is 5.78. The Kier molecular flexibility index (Phi) is 6.93. The molecule has 3 saturated carbocycles. The Hall–Kier alpha value is -1.90. The van der Waals surface area contributed by atoms with Gasteiger partial charge in [-0.3, -0.25) is 0 Å². The summed E-state index contributed by atoms with van der Waals surface area (Å²) < 4.78 is 35.2. The van der Waals surface area contributed by atoms with Gasteiger partial charge in [-0.1, -0.05) is 57.4 Å². The van der Waals surface area contributed by atoms with E-state index in [1.165, 1.54) is 69.1 Å². The van der Waals surface area contributed by atoms with Crippen molar-refractivity contribution in [3.05, 3.63) is 53.6 Å². The highest BCUT2D eigenvalue weighted by Crippen LogP contribution is 2.57. The van der Waals surface area contributed by atoms with Gasteiger partial charge in [0.25, 0.3) is 0 Å². The maximum absolute atomic E-state index is 14.8. The number of hydrogen-bond acceptors (Lipinski definition) is 1. The Bertz CT molecular complexity index is 870. The summed E-state index contributed by atoms with van der Waals surface area (Å²) in [6.07, 6.45) is 12.8. The molecule has 2 bridgehead atoms. The van der Waals surface area contributed by atoms with Gasteiger partial charge in [0.2, 0.25) is 0 Å². The molecule has 0 saturated heterocycles. The van der Waals surface area contributed by atoms with Crippen LogP contribution in [0.4, 0.5) is 8.78 Å². The summed E-state index contributed by atoms with van der Waals surface area (Å²) >= 11 is 0. The Morgan fingerprint density at radius 1 is 0.844 bits per heavy atom. The molecule has 32 heavy (non-hydrogen) atoms. The number of hydrogen-bond donors (Lipinski definition) is 0. The van der Waals surface area contributed by atoms with Crippen LogP contribution in [0.2, 0.25) is 0 Å². The van der Waals surface area contributed by atoms with Crippen LogP contribution in [0.5, 0.6) is 5.75 Å². The molecule has 174 valence electrons. The molecule has 0 spiro atoms. The fraction of sp³-hybridized carbons (Fsp3) is 0.586. The number of fused-ring (bicyclic) bond motifs is 3. The van der Waals surface area contributed by atoms with Crippen LogP contribution in [-0.2, 0) is 5.41 Å². The number of benzene rings is 2. The van der Waals surface area contributed by atoms with Gasteiger partial charge in [0, 0.05) is 0 Å². The van der Waals surface area contributed by atoms with Gasteiger partial charge in [-0.15, -0.1) is 0 Å². The van der Waals surface area contributed by atoms with E-state index in [0.717, 1.165) is 24.8 Å². The highest BCUT2D eigenvalue weighted by atomic mass is 19.1. The third kappa shape index (κ3) is 4.87. The van der Waals surface area contributed by atoms with E-state index < -0.39 is 11.6 Å². The van der Waals surface area contributed by atoms with Crippen molar-refractivity contribution in [1.29, 1.82) is 0 Å². The van der Waals surface area contributed by atoms with Crippen molar-refractivity contribution in [1.82, 2.24) is 0 Å². The van der Waals surface area contributed by atoms with Crippen LogP contribution in [0, 0.1) is 17.0 Å². The standard InChI is InChI=1S/C29H38F2O/c1-4-5-6-7-8-21(2)32-27-25(30)19-23(20-26(27)31)22-9-11-24(12-10-22)29-16-13-28(3,14-17-29)15-18-29/h9-12,19-21H,4-8,13-18H2,1-3H3. The average molecular weight is 441 g/mol. The van der Waals surface area contributed by atoms with Gasteiger partial charge < -0.3 is 4.74 Å². The molecule has 0 amide bonds. The molecule has 5 rings (SSSR count). The quantitative estimate of drug-likeness (QED) is 0.354. The Morgan fingerprint density at radius 2 is 1.44 bits per heavy atom. The molecule has 0 radical (unpaired) electrons. The minimum absolute atomic E-state index is 0.201. The molecule has 3 heteroatoms. The van der Waals surface area contributed by atoms with Crippen molar-refractivity contribution >= 4 is 0 Å². The third-order valence-electron chi connectivity index (χ3n) is 8.23. The van der Waals surface area contributed by atoms with Crippen LogP contribution < -0.4 is 4.74 Å². The van der Waals surface area contributed by atoms with Gasteiger partial charge >= 0.3 is 0 Å². The highest BCUT2D eigenvalue weighted by molar-refractivity contribution is 5.65. The lowest BCUT2D eigenvalue weighted by Crippen LogP contribution is -2.42. The maximum Gasteiger partial charge on any atom is 0.191 e. The summed E-state index contributed by atoms with van der Waals surface area (Å²) in [5.41, 5.74) is 3.65. The normalized spacial score (nSPS) is 25.7. The second-order valence-corrected chi connectivity index (χ2v) is 10.7. The Balaban J connectivity index is 1.45. The molecular formula is C29H38F2O. The average Bonchev–Trinajstić information content (AvgIpc) is 2.80. The maximum atomic E-state index is 14.8. The molecule has 2 aromatic carbocycles. The van der Waals surface area contributed by atoms with Gasteiger partial charge in [-0.25, -0.2) is 8.78 Å². The lowest BCUT2D eigenvalue weighted by molar-refractivity contribution is 0.0556. The van der Waals surface area contributed by atoms with Crippen molar-refractivity contribution in [3.63, 3.8) is 0 Å². The summed E-state index contributed by atoms with van der Waals surface area (Å²) in [4.78, 5) is 0. The number of ether oxygens (including phenoxy) is 1. The minimum atomic E-state index is -0.623. The molecule has 3 aliphatic rings. The van der Waals surface area contributed by atoms with E-state index in [4.69, 9.17) is 4.74 Å². The largest absolute Gasteiger partial charge is 0.485 e. The zero-order valence-electron chi connectivity index (χ0n) is 20.0. The summed E-state index contributed by atoms with van der Waals surface area (Å²) in [5.74, 6) is -1.50. The first kappa shape index (κ1) is 23.3. The SMILES string of the molecule is CCCCCCC(C)Oc1c(F)cc(-c2ccc(C34CCC(C)(CC3)CC4)cc2)cc1F. The summed E-state index contributed by atoms with van der Waals surface area (Å²) in [6, 6.07) is 11.2. The summed E-state index contributed by atoms with van der Waals surface area (Å²) in [6.45, 7) is 6.48. The van der Waals surface area contributed by atoms with Gasteiger partial charge in [0.15, 0.2) is 17.4 Å². The van der Waals surface area contributed by atoms with E-state index in [9.17, 15) is 8.78 Å². The first-order valence-corrected chi connectivity index (χ1v) is 12.6. The summed E-state index contributed by atoms with van der Waals surface area (Å²) in [7, 11) is 0. The van der Waals surface area contributed by atoms with Crippen molar-refractivity contribution in [2.75, 3.05) is 0 Å². The van der Waals surface area contributed by atoms with E-state index >= 15 is 0 Å². The second kappa shape index (κ2) is 9.53. The lowest BCUT2D eigenvalue weighted by atomic mass is 9.52. The van der Waals surface area contributed by atoms with Crippen molar-refractivity contribution in [2.24, 2.45) is 5.41 Å². The van der Waals surface area contributed by atoms with Crippen LogP contribution in [0.25, 0.3) is 11.1 Å². The molecule has 1 atom stereocenters. The predicted octanol–water partition coefficient (Wildman–Crippen LogP) is 8.98. The van der Waals surface area contributed by atoms with Gasteiger partial charge in [0.1, 0.15) is 0 Å². The zero-order valence-corrected chi connectivity index (χ0v) is 20.0. The van der Waals surface area contributed by atoms with Gasteiger partial charge in [-0.2, -0.15) is 0 Å². The molecular weight excluding hydrogens is 402 g/mol. The third-order valence-corrected chi connectivity index (χ3v) is 8.23. The van der Waals surface area contributed by atoms with Crippen LogP contribution in [0.1, 0.15) is 97.0 Å². The highest BCUT2D eigenvalue weighted by Gasteiger charge is 2.46. The topological polar surface area (TPSA) is 9.23 Å². The van der Waals surface area contributed by atoms with E-state index in [2.05, 4.69) is 26.0 Å². The van der Waals surface area contributed by atoms with E-state index in [0.29, 0.717) is 16.4 Å². The molecule has 1 nitrogen and oxygen atoms in total. The van der Waals surface area contributed by atoms with Crippen LogP contribution in [0.15, 0.2) is 36.4 Å². The molecule has 0 heterocycles. The van der Waals surface area contributed by atoms with Gasteiger partial charge in [0.05, 0.1) is 6.10 Å². The molecule has 0 N–H and O–H groups in total. The summed E-state index contributed by atoms with van der Waals surface area (Å²) in [5, 5.41) is 0. The molecule has 3 fully saturated rings.